The van der Waals surface area contributed by atoms with Crippen molar-refractivity contribution in [1.29, 1.82) is 0 Å². The summed E-state index contributed by atoms with van der Waals surface area (Å²) in [7, 11) is 1.53. The molecule has 0 radical (unpaired) electrons. The van der Waals surface area contributed by atoms with Crippen LogP contribution in [-0.4, -0.2) is 72.1 Å². The highest BCUT2D eigenvalue weighted by atomic mass is 16.3. The zero-order valence-corrected chi connectivity index (χ0v) is 24.1. The average molecular weight is 549 g/mol. The van der Waals surface area contributed by atoms with E-state index in [9.17, 15) is 19.5 Å². The Morgan fingerprint density at radius 3 is 2.40 bits per heavy atom. The van der Waals surface area contributed by atoms with Gasteiger partial charge in [0.25, 0.3) is 0 Å². The van der Waals surface area contributed by atoms with E-state index in [1.54, 1.807) is 0 Å². The van der Waals surface area contributed by atoms with Crippen molar-refractivity contribution in [1.82, 2.24) is 20.9 Å². The fourth-order valence-electron chi connectivity index (χ4n) is 5.08. The van der Waals surface area contributed by atoms with E-state index in [4.69, 9.17) is 0 Å². The number of benzene rings is 2. The van der Waals surface area contributed by atoms with Crippen LogP contribution in [0.5, 0.6) is 0 Å². The summed E-state index contributed by atoms with van der Waals surface area (Å²) in [6, 6.07) is 15.0. The summed E-state index contributed by atoms with van der Waals surface area (Å²) in [4.78, 5) is 41.9. The van der Waals surface area contributed by atoms with E-state index in [-0.39, 0.29) is 24.2 Å². The summed E-state index contributed by atoms with van der Waals surface area (Å²) >= 11 is 0. The topological polar surface area (TPSA) is 111 Å². The van der Waals surface area contributed by atoms with Gasteiger partial charge in [0.05, 0.1) is 12.1 Å². The Morgan fingerprint density at radius 1 is 1.00 bits per heavy atom. The maximum atomic E-state index is 13.7. The Hall–Kier alpha value is -3.49. The molecule has 8 heteroatoms. The molecule has 2 aromatic carbocycles. The number of carbonyl (C=O) groups excluding carboxylic acids is 3. The van der Waals surface area contributed by atoms with Gasteiger partial charge in [-0.15, -0.1) is 0 Å². The van der Waals surface area contributed by atoms with Gasteiger partial charge in [0, 0.05) is 26.6 Å². The Balaban J connectivity index is 1.95. The maximum absolute atomic E-state index is 13.7. The van der Waals surface area contributed by atoms with E-state index in [1.807, 2.05) is 68.5 Å². The van der Waals surface area contributed by atoms with Gasteiger partial charge in [-0.3, -0.25) is 14.4 Å². The second kappa shape index (κ2) is 15.3. The van der Waals surface area contributed by atoms with E-state index >= 15 is 0 Å². The third kappa shape index (κ3) is 8.50. The van der Waals surface area contributed by atoms with Crippen molar-refractivity contribution in [3.8, 4) is 0 Å². The Kier molecular flexibility index (Phi) is 11.9. The van der Waals surface area contributed by atoms with Gasteiger partial charge in [-0.25, -0.2) is 0 Å². The summed E-state index contributed by atoms with van der Waals surface area (Å²) in [6.45, 7) is 6.42. The molecular weight excluding hydrogens is 504 g/mol. The van der Waals surface area contributed by atoms with Gasteiger partial charge in [-0.1, -0.05) is 87.0 Å². The van der Waals surface area contributed by atoms with Crippen LogP contribution in [0.4, 0.5) is 0 Å². The number of amides is 3. The zero-order valence-electron chi connectivity index (χ0n) is 24.1. The first-order chi connectivity index (χ1) is 19.2. The SMILES string of the molecule is CC[C@H](C)[C@@H]1NC/C=C/c2ccccc2CCCNC(=O)[C@@H](Cc2ccccc2)NC(=O)[C@H]([C@H](C)O)N(C)C1=O. The third-order valence-corrected chi connectivity index (χ3v) is 7.62. The summed E-state index contributed by atoms with van der Waals surface area (Å²) in [6.07, 6.45) is 5.47. The van der Waals surface area contributed by atoms with E-state index in [1.165, 1.54) is 24.4 Å². The van der Waals surface area contributed by atoms with Crippen molar-refractivity contribution in [2.75, 3.05) is 20.1 Å². The number of hydrogen-bond donors (Lipinski definition) is 4. The van der Waals surface area contributed by atoms with Crippen LogP contribution in [0.2, 0.25) is 0 Å². The van der Waals surface area contributed by atoms with Crippen LogP contribution >= 0.6 is 0 Å². The van der Waals surface area contributed by atoms with Crippen molar-refractivity contribution >= 4 is 23.8 Å². The fraction of sp³-hybridized carbons (Fsp3) is 0.469. The second-order valence-corrected chi connectivity index (χ2v) is 10.7. The highest BCUT2D eigenvalue weighted by Crippen LogP contribution is 2.16. The molecule has 0 saturated carbocycles. The maximum Gasteiger partial charge on any atom is 0.246 e. The Labute approximate surface area is 238 Å². The predicted molar refractivity (Wildman–Crippen MR) is 158 cm³/mol. The number of nitrogens with one attached hydrogen (secondary N) is 3. The predicted octanol–water partition coefficient (Wildman–Crippen LogP) is 2.70. The monoisotopic (exact) mass is 548 g/mol. The van der Waals surface area contributed by atoms with Gasteiger partial charge in [0.15, 0.2) is 0 Å². The van der Waals surface area contributed by atoms with Gasteiger partial charge < -0.3 is 26.0 Å². The largest absolute Gasteiger partial charge is 0.391 e. The van der Waals surface area contributed by atoms with Crippen LogP contribution in [0.15, 0.2) is 60.7 Å². The highest BCUT2D eigenvalue weighted by Gasteiger charge is 2.37. The summed E-state index contributed by atoms with van der Waals surface area (Å²) in [5.74, 6) is -1.16. The molecule has 216 valence electrons. The summed E-state index contributed by atoms with van der Waals surface area (Å²) in [5.41, 5.74) is 3.17. The first-order valence-electron chi connectivity index (χ1n) is 14.3. The number of aryl methyl sites for hydroxylation is 1. The number of likely N-dealkylation sites (N-methyl/N-ethyl adjacent to an activating group) is 1. The van der Waals surface area contributed by atoms with Crippen molar-refractivity contribution in [2.45, 2.75) is 70.7 Å². The molecule has 1 aliphatic rings. The minimum Gasteiger partial charge on any atom is -0.391 e. The van der Waals surface area contributed by atoms with Crippen LogP contribution in [0.3, 0.4) is 0 Å². The van der Waals surface area contributed by atoms with Gasteiger partial charge >= 0.3 is 0 Å². The highest BCUT2D eigenvalue weighted by molar-refractivity contribution is 5.93. The minimum absolute atomic E-state index is 0.00412. The number of rotatable bonds is 5. The van der Waals surface area contributed by atoms with Crippen molar-refractivity contribution in [2.24, 2.45) is 5.92 Å². The summed E-state index contributed by atoms with van der Waals surface area (Å²) < 4.78 is 0. The molecule has 1 aliphatic heterocycles. The molecule has 3 rings (SSSR count). The summed E-state index contributed by atoms with van der Waals surface area (Å²) in [5, 5.41) is 19.8. The number of fused-ring (bicyclic) bond motifs is 1. The molecule has 3 amide bonds. The molecule has 8 nitrogen and oxygen atoms in total. The minimum atomic E-state index is -1.16. The van der Waals surface area contributed by atoms with Crippen molar-refractivity contribution in [3.05, 3.63) is 77.4 Å². The van der Waals surface area contributed by atoms with E-state index in [0.717, 1.165) is 30.4 Å². The van der Waals surface area contributed by atoms with Crippen molar-refractivity contribution in [3.63, 3.8) is 0 Å². The zero-order chi connectivity index (χ0) is 29.1. The van der Waals surface area contributed by atoms with Gasteiger partial charge in [0.1, 0.15) is 12.1 Å². The number of nitrogens with zero attached hydrogens (tertiary/aromatic N) is 1. The quantitative estimate of drug-likeness (QED) is 0.459. The Bertz CT molecular complexity index is 1150. The molecule has 4 N–H and O–H groups in total. The molecule has 5 atom stereocenters. The number of aliphatic hydroxyl groups excluding tert-OH is 1. The lowest BCUT2D eigenvalue weighted by molar-refractivity contribution is -0.146. The number of hydrogen-bond acceptors (Lipinski definition) is 5. The molecule has 1 heterocycles. The number of aliphatic hydroxyl groups is 1. The molecule has 40 heavy (non-hydrogen) atoms. The fourth-order valence-corrected chi connectivity index (χ4v) is 5.08. The van der Waals surface area contributed by atoms with Gasteiger partial charge in [0.2, 0.25) is 17.7 Å². The van der Waals surface area contributed by atoms with Crippen LogP contribution in [0.1, 0.15) is 50.3 Å². The molecule has 0 fully saturated rings. The molecule has 0 unspecified atom stereocenters. The average Bonchev–Trinajstić information content (AvgIpc) is 2.94. The first-order valence-corrected chi connectivity index (χ1v) is 14.3. The number of carbonyl (C=O) groups is 3. The standard InChI is InChI=1S/C32H44N4O4/c1-5-22(2)28-32(40)36(4)29(23(3)37)31(39)35-27(21-24-13-7-6-8-14-24)30(38)34-20-12-18-26-16-10-9-15-25(26)17-11-19-33-28/h6-11,13-17,22-23,27-29,33,37H,5,12,18-21H2,1-4H3,(H,34,38)(H,35,39)/b17-11+/t22-,23-,27+,28-,29-/m0/s1. The molecule has 0 bridgehead atoms. The smallest absolute Gasteiger partial charge is 0.246 e. The normalized spacial score (nSPS) is 24.1. The van der Waals surface area contributed by atoms with Crippen LogP contribution < -0.4 is 16.0 Å². The molecule has 0 saturated heterocycles. The van der Waals surface area contributed by atoms with Crippen LogP contribution in [0, 0.1) is 5.92 Å². The van der Waals surface area contributed by atoms with Crippen molar-refractivity contribution < 1.29 is 19.5 Å². The molecule has 0 aliphatic carbocycles. The van der Waals surface area contributed by atoms with Crippen LogP contribution in [-0.2, 0) is 27.2 Å². The molecule has 0 spiro atoms. The van der Waals surface area contributed by atoms with Gasteiger partial charge in [-0.2, -0.15) is 0 Å². The third-order valence-electron chi connectivity index (χ3n) is 7.62. The lowest BCUT2D eigenvalue weighted by Crippen LogP contribution is -2.60. The lowest BCUT2D eigenvalue weighted by Gasteiger charge is -2.35. The van der Waals surface area contributed by atoms with E-state index < -0.39 is 30.1 Å². The molecule has 2 aromatic rings. The lowest BCUT2D eigenvalue weighted by atomic mass is 9.96. The van der Waals surface area contributed by atoms with E-state index in [2.05, 4.69) is 28.1 Å². The van der Waals surface area contributed by atoms with Gasteiger partial charge in [-0.05, 0) is 42.4 Å². The molecule has 0 aromatic heterocycles. The molecular formula is C32H44N4O4. The Morgan fingerprint density at radius 2 is 1.70 bits per heavy atom. The van der Waals surface area contributed by atoms with E-state index in [0.29, 0.717) is 13.1 Å². The van der Waals surface area contributed by atoms with Crippen LogP contribution in [0.25, 0.3) is 6.08 Å². The second-order valence-electron chi connectivity index (χ2n) is 10.7. The first kappa shape index (κ1) is 31.0.